The Hall–Kier alpha value is -1.98. The fourth-order valence-electron chi connectivity index (χ4n) is 1.43. The van der Waals surface area contributed by atoms with Crippen LogP contribution in [0.15, 0.2) is 36.7 Å². The highest BCUT2D eigenvalue weighted by Gasteiger charge is 2.13. The molecule has 1 aromatic carbocycles. The van der Waals surface area contributed by atoms with Crippen LogP contribution in [0.25, 0.3) is 0 Å². The van der Waals surface area contributed by atoms with Crippen LogP contribution in [0.5, 0.6) is 0 Å². The summed E-state index contributed by atoms with van der Waals surface area (Å²) in [5.41, 5.74) is 0.888. The molecule has 0 saturated heterocycles. The lowest BCUT2D eigenvalue weighted by molar-refractivity contribution is 0.101. The molecule has 1 heterocycles. The number of carbonyl (C=O) groups is 1. The fourth-order valence-corrected chi connectivity index (χ4v) is 1.62. The van der Waals surface area contributed by atoms with E-state index >= 15 is 0 Å². The first-order chi connectivity index (χ1) is 8.70. The van der Waals surface area contributed by atoms with E-state index < -0.39 is 5.91 Å². The van der Waals surface area contributed by atoms with Crippen LogP contribution in [0.1, 0.15) is 16.2 Å². The molecule has 0 aliphatic carbocycles. The third-order valence-corrected chi connectivity index (χ3v) is 2.46. The molecule has 0 fully saturated rings. The van der Waals surface area contributed by atoms with Gasteiger partial charge in [0.15, 0.2) is 5.69 Å². The number of aliphatic hydroxyl groups is 1. The van der Waals surface area contributed by atoms with Crippen molar-refractivity contribution < 1.29 is 9.90 Å². The quantitative estimate of drug-likeness (QED) is 0.887. The van der Waals surface area contributed by atoms with E-state index in [-0.39, 0.29) is 18.0 Å². The Morgan fingerprint density at radius 3 is 2.83 bits per heavy atom. The summed E-state index contributed by atoms with van der Waals surface area (Å²) in [7, 11) is 0. The molecule has 92 valence electrons. The standard InChI is InChI=1S/C12H10ClN3O2/c13-8-2-1-3-9(6-8)16-12(18)11-10(7-17)14-4-5-15-11/h1-6,17H,7H2,(H,16,18). The lowest BCUT2D eigenvalue weighted by atomic mass is 10.2. The maximum Gasteiger partial charge on any atom is 0.276 e. The van der Waals surface area contributed by atoms with E-state index in [2.05, 4.69) is 15.3 Å². The number of anilines is 1. The van der Waals surface area contributed by atoms with Gasteiger partial charge in [-0.3, -0.25) is 9.78 Å². The normalized spacial score (nSPS) is 10.1. The molecule has 2 N–H and O–H groups in total. The molecule has 0 radical (unpaired) electrons. The van der Waals surface area contributed by atoms with Gasteiger partial charge >= 0.3 is 0 Å². The fraction of sp³-hybridized carbons (Fsp3) is 0.0833. The smallest absolute Gasteiger partial charge is 0.276 e. The number of benzene rings is 1. The van der Waals surface area contributed by atoms with E-state index in [9.17, 15) is 4.79 Å². The average Bonchev–Trinajstić information content (AvgIpc) is 2.38. The van der Waals surface area contributed by atoms with E-state index in [4.69, 9.17) is 16.7 Å². The van der Waals surface area contributed by atoms with E-state index in [1.54, 1.807) is 24.3 Å². The van der Waals surface area contributed by atoms with Gasteiger partial charge in [0.25, 0.3) is 5.91 Å². The molecule has 0 saturated carbocycles. The largest absolute Gasteiger partial charge is 0.390 e. The predicted octanol–water partition coefficient (Wildman–Crippen LogP) is 1.87. The minimum absolute atomic E-state index is 0.0972. The lowest BCUT2D eigenvalue weighted by Crippen LogP contribution is -2.17. The maximum absolute atomic E-state index is 11.9. The Morgan fingerprint density at radius 2 is 2.11 bits per heavy atom. The van der Waals surface area contributed by atoms with Crippen molar-refractivity contribution in [3.63, 3.8) is 0 Å². The molecule has 6 heteroatoms. The van der Waals surface area contributed by atoms with E-state index in [1.807, 2.05) is 0 Å². The van der Waals surface area contributed by atoms with Crippen LogP contribution < -0.4 is 5.32 Å². The zero-order valence-electron chi connectivity index (χ0n) is 9.30. The first kappa shape index (κ1) is 12.5. The third kappa shape index (κ3) is 2.82. The Morgan fingerprint density at radius 1 is 1.33 bits per heavy atom. The van der Waals surface area contributed by atoms with Gasteiger partial charge < -0.3 is 10.4 Å². The van der Waals surface area contributed by atoms with E-state index in [0.717, 1.165) is 0 Å². The molecule has 0 atom stereocenters. The van der Waals surface area contributed by atoms with Gasteiger partial charge in [0.1, 0.15) is 0 Å². The van der Waals surface area contributed by atoms with Crippen LogP contribution in [0.2, 0.25) is 5.02 Å². The zero-order valence-corrected chi connectivity index (χ0v) is 10.1. The van der Waals surface area contributed by atoms with Gasteiger partial charge in [-0.15, -0.1) is 0 Å². The van der Waals surface area contributed by atoms with Gasteiger partial charge in [0.2, 0.25) is 0 Å². The molecule has 0 bridgehead atoms. The monoisotopic (exact) mass is 263 g/mol. The number of carbonyl (C=O) groups excluding carboxylic acids is 1. The summed E-state index contributed by atoms with van der Waals surface area (Å²) in [6.45, 7) is -0.341. The molecule has 2 aromatic rings. The van der Waals surface area contributed by atoms with Gasteiger partial charge in [-0.25, -0.2) is 4.98 Å². The van der Waals surface area contributed by atoms with Crippen LogP contribution >= 0.6 is 11.6 Å². The minimum Gasteiger partial charge on any atom is -0.390 e. The van der Waals surface area contributed by atoms with Crippen LogP contribution in [0, 0.1) is 0 Å². The Balaban J connectivity index is 2.22. The number of aliphatic hydroxyl groups excluding tert-OH is 1. The Labute approximate surface area is 108 Å². The van der Waals surface area contributed by atoms with Crippen molar-refractivity contribution in [2.75, 3.05) is 5.32 Å². The summed E-state index contributed by atoms with van der Waals surface area (Å²) < 4.78 is 0. The number of halogens is 1. The van der Waals surface area contributed by atoms with Crippen molar-refractivity contribution in [2.45, 2.75) is 6.61 Å². The highest BCUT2D eigenvalue weighted by molar-refractivity contribution is 6.30. The first-order valence-electron chi connectivity index (χ1n) is 5.18. The highest BCUT2D eigenvalue weighted by atomic mass is 35.5. The molecular weight excluding hydrogens is 254 g/mol. The number of nitrogens with zero attached hydrogens (tertiary/aromatic N) is 2. The molecule has 0 aliphatic heterocycles. The van der Waals surface area contributed by atoms with Crippen molar-refractivity contribution in [1.29, 1.82) is 0 Å². The van der Waals surface area contributed by atoms with Gasteiger partial charge in [-0.2, -0.15) is 0 Å². The number of aromatic nitrogens is 2. The highest BCUT2D eigenvalue weighted by Crippen LogP contribution is 2.16. The summed E-state index contributed by atoms with van der Waals surface area (Å²) >= 11 is 5.81. The van der Waals surface area contributed by atoms with Gasteiger partial charge in [0, 0.05) is 23.1 Å². The molecule has 0 aliphatic rings. The second kappa shape index (κ2) is 5.57. The molecular formula is C12H10ClN3O2. The number of hydrogen-bond donors (Lipinski definition) is 2. The Kier molecular flexibility index (Phi) is 3.86. The molecule has 0 spiro atoms. The summed E-state index contributed by atoms with van der Waals surface area (Å²) in [6.07, 6.45) is 2.81. The average molecular weight is 264 g/mol. The zero-order chi connectivity index (χ0) is 13.0. The summed E-state index contributed by atoms with van der Waals surface area (Å²) in [4.78, 5) is 19.7. The molecule has 0 unspecified atom stereocenters. The maximum atomic E-state index is 11.9. The van der Waals surface area contributed by atoms with Crippen molar-refractivity contribution in [1.82, 2.24) is 9.97 Å². The van der Waals surface area contributed by atoms with Gasteiger partial charge in [-0.1, -0.05) is 17.7 Å². The summed E-state index contributed by atoms with van der Waals surface area (Å²) in [6, 6.07) is 6.76. The number of hydrogen-bond acceptors (Lipinski definition) is 4. The number of amides is 1. The minimum atomic E-state index is -0.436. The lowest BCUT2D eigenvalue weighted by Gasteiger charge is -2.07. The number of nitrogens with one attached hydrogen (secondary N) is 1. The van der Waals surface area contributed by atoms with Crippen molar-refractivity contribution in [3.8, 4) is 0 Å². The summed E-state index contributed by atoms with van der Waals surface area (Å²) in [5, 5.41) is 12.2. The van der Waals surface area contributed by atoms with E-state index in [0.29, 0.717) is 10.7 Å². The molecule has 2 rings (SSSR count). The molecule has 18 heavy (non-hydrogen) atoms. The van der Waals surface area contributed by atoms with Crippen molar-refractivity contribution >= 4 is 23.2 Å². The van der Waals surface area contributed by atoms with Crippen molar-refractivity contribution in [3.05, 3.63) is 53.1 Å². The predicted molar refractivity (Wildman–Crippen MR) is 67.4 cm³/mol. The van der Waals surface area contributed by atoms with Gasteiger partial charge in [0.05, 0.1) is 12.3 Å². The molecule has 1 aromatic heterocycles. The summed E-state index contributed by atoms with van der Waals surface area (Å²) in [5.74, 6) is -0.436. The van der Waals surface area contributed by atoms with Crippen molar-refractivity contribution in [2.24, 2.45) is 0 Å². The SMILES string of the molecule is O=C(Nc1cccc(Cl)c1)c1nccnc1CO. The topological polar surface area (TPSA) is 75.1 Å². The Bertz CT molecular complexity index is 575. The van der Waals surface area contributed by atoms with Crippen LogP contribution in [-0.4, -0.2) is 21.0 Å². The van der Waals surface area contributed by atoms with E-state index in [1.165, 1.54) is 12.4 Å². The van der Waals surface area contributed by atoms with Crippen LogP contribution in [-0.2, 0) is 6.61 Å². The first-order valence-corrected chi connectivity index (χ1v) is 5.56. The number of rotatable bonds is 3. The van der Waals surface area contributed by atoms with Gasteiger partial charge in [-0.05, 0) is 18.2 Å². The second-order valence-corrected chi connectivity index (χ2v) is 3.91. The third-order valence-electron chi connectivity index (χ3n) is 2.22. The molecule has 5 nitrogen and oxygen atoms in total. The second-order valence-electron chi connectivity index (χ2n) is 3.47. The van der Waals surface area contributed by atoms with Crippen LogP contribution in [0.4, 0.5) is 5.69 Å². The molecule has 1 amide bonds. The van der Waals surface area contributed by atoms with Crippen LogP contribution in [0.3, 0.4) is 0 Å².